The number of nitrogen functional groups attached to an aromatic ring is 1. The van der Waals surface area contributed by atoms with Gasteiger partial charge in [-0.25, -0.2) is 19.4 Å². The Morgan fingerprint density at radius 1 is 1.06 bits per heavy atom. The molecule has 3 aliphatic heterocycles. The van der Waals surface area contributed by atoms with Crippen molar-refractivity contribution in [2.45, 2.75) is 50.5 Å². The maximum atomic E-state index is 11.9. The van der Waals surface area contributed by atoms with E-state index in [2.05, 4.69) is 10.00 Å². The van der Waals surface area contributed by atoms with Crippen LogP contribution in [0.3, 0.4) is 0 Å². The zero-order valence-corrected chi connectivity index (χ0v) is 18.3. The van der Waals surface area contributed by atoms with Crippen molar-refractivity contribution in [3.63, 3.8) is 0 Å². The van der Waals surface area contributed by atoms with Crippen LogP contribution in [0.2, 0.25) is 0 Å². The molecule has 1 amide bonds. The number of nitrogens with two attached hydrogens (primary N) is 1. The lowest BCUT2D eigenvalue weighted by molar-refractivity contribution is 0.0303. The van der Waals surface area contributed by atoms with Crippen molar-refractivity contribution in [3.05, 3.63) is 30.5 Å². The second kappa shape index (κ2) is 7.87. The molecule has 172 valence electrons. The van der Waals surface area contributed by atoms with Crippen LogP contribution in [-0.4, -0.2) is 67.7 Å². The molecule has 3 aromatic rings. The summed E-state index contributed by atoms with van der Waals surface area (Å²) in [5.41, 5.74) is 8.08. The molecule has 3 atom stereocenters. The molecule has 0 spiro atoms. The Morgan fingerprint density at radius 3 is 2.55 bits per heavy atom. The molecular formula is C23H27N7O3. The number of morpholine rings is 1. The van der Waals surface area contributed by atoms with Gasteiger partial charge in [-0.2, -0.15) is 5.10 Å². The van der Waals surface area contributed by atoms with Gasteiger partial charge in [0.15, 0.2) is 11.5 Å². The van der Waals surface area contributed by atoms with Crippen molar-refractivity contribution in [1.29, 1.82) is 0 Å². The minimum atomic E-state index is -0.929. The SMILES string of the molecule is Nc1ccc(-c2nc(N3CC4CCC(C3)O4)c3cnn(C4CCCCN4C(=O)O)c3n2)cc1. The van der Waals surface area contributed by atoms with Crippen LogP contribution in [0.1, 0.15) is 38.3 Å². The summed E-state index contributed by atoms with van der Waals surface area (Å²) in [5.74, 6) is 1.41. The van der Waals surface area contributed by atoms with E-state index in [1.807, 2.05) is 24.3 Å². The van der Waals surface area contributed by atoms with Gasteiger partial charge in [-0.15, -0.1) is 0 Å². The molecule has 0 aliphatic carbocycles. The summed E-state index contributed by atoms with van der Waals surface area (Å²) in [4.78, 5) is 25.5. The molecule has 3 saturated heterocycles. The van der Waals surface area contributed by atoms with Crippen LogP contribution in [0.4, 0.5) is 16.3 Å². The number of rotatable bonds is 3. The summed E-state index contributed by atoms with van der Waals surface area (Å²) in [7, 11) is 0. The minimum absolute atomic E-state index is 0.213. The number of amides is 1. The van der Waals surface area contributed by atoms with Crippen molar-refractivity contribution < 1.29 is 14.6 Å². The van der Waals surface area contributed by atoms with E-state index in [4.69, 9.17) is 20.4 Å². The van der Waals surface area contributed by atoms with Gasteiger partial charge in [0.2, 0.25) is 0 Å². The first-order valence-corrected chi connectivity index (χ1v) is 11.6. The Kier molecular flexibility index (Phi) is 4.83. The summed E-state index contributed by atoms with van der Waals surface area (Å²) in [6, 6.07) is 7.49. The van der Waals surface area contributed by atoms with Crippen LogP contribution in [0.15, 0.2) is 30.5 Å². The van der Waals surface area contributed by atoms with E-state index >= 15 is 0 Å². The van der Waals surface area contributed by atoms with Gasteiger partial charge in [-0.3, -0.25) is 4.90 Å². The number of fused-ring (bicyclic) bond motifs is 3. The maximum Gasteiger partial charge on any atom is 0.409 e. The number of anilines is 2. The number of nitrogens with zero attached hydrogens (tertiary/aromatic N) is 6. The summed E-state index contributed by atoms with van der Waals surface area (Å²) < 4.78 is 7.81. The lowest BCUT2D eigenvalue weighted by Gasteiger charge is -2.34. The van der Waals surface area contributed by atoms with E-state index < -0.39 is 6.09 Å². The second-order valence-corrected chi connectivity index (χ2v) is 9.13. The van der Waals surface area contributed by atoms with Crippen molar-refractivity contribution in [2.75, 3.05) is 30.3 Å². The third-order valence-corrected chi connectivity index (χ3v) is 6.94. The monoisotopic (exact) mass is 449 g/mol. The highest BCUT2D eigenvalue weighted by Crippen LogP contribution is 2.36. The molecule has 0 saturated carbocycles. The Morgan fingerprint density at radius 2 is 1.82 bits per heavy atom. The Balaban J connectivity index is 1.50. The minimum Gasteiger partial charge on any atom is -0.465 e. The Hall–Kier alpha value is -3.40. The van der Waals surface area contributed by atoms with E-state index in [0.717, 1.165) is 55.5 Å². The largest absolute Gasteiger partial charge is 0.465 e. The Bertz CT molecular complexity index is 1180. The molecule has 2 aromatic heterocycles. The first-order chi connectivity index (χ1) is 16.1. The van der Waals surface area contributed by atoms with Gasteiger partial charge in [0.05, 0.1) is 23.8 Å². The van der Waals surface area contributed by atoms with Crippen molar-refractivity contribution >= 4 is 28.6 Å². The highest BCUT2D eigenvalue weighted by atomic mass is 16.5. The molecule has 33 heavy (non-hydrogen) atoms. The summed E-state index contributed by atoms with van der Waals surface area (Å²) >= 11 is 0. The zero-order chi connectivity index (χ0) is 22.5. The summed E-state index contributed by atoms with van der Waals surface area (Å²) in [6.07, 6.45) is 5.54. The van der Waals surface area contributed by atoms with E-state index in [1.54, 1.807) is 10.9 Å². The van der Waals surface area contributed by atoms with Gasteiger partial charge in [-0.05, 0) is 56.4 Å². The fraction of sp³-hybridized carbons (Fsp3) is 0.478. The lowest BCUT2D eigenvalue weighted by atomic mass is 10.1. The number of ether oxygens (including phenoxy) is 1. The first kappa shape index (κ1) is 20.2. The molecule has 0 radical (unpaired) electrons. The van der Waals surface area contributed by atoms with Gasteiger partial charge in [-0.1, -0.05) is 0 Å². The molecule has 2 bridgehead atoms. The van der Waals surface area contributed by atoms with E-state index in [-0.39, 0.29) is 18.4 Å². The molecule has 6 rings (SSSR count). The van der Waals surface area contributed by atoms with Crippen LogP contribution in [-0.2, 0) is 4.74 Å². The molecular weight excluding hydrogens is 422 g/mol. The smallest absolute Gasteiger partial charge is 0.409 e. The summed E-state index contributed by atoms with van der Waals surface area (Å²) in [5, 5.41) is 15.3. The van der Waals surface area contributed by atoms with Crippen LogP contribution >= 0.6 is 0 Å². The van der Waals surface area contributed by atoms with Crippen molar-refractivity contribution in [3.8, 4) is 11.4 Å². The number of hydrogen-bond donors (Lipinski definition) is 2. The van der Waals surface area contributed by atoms with E-state index in [0.29, 0.717) is 30.1 Å². The third-order valence-electron chi connectivity index (χ3n) is 6.94. The molecule has 10 heteroatoms. The quantitative estimate of drug-likeness (QED) is 0.585. The average molecular weight is 450 g/mol. The predicted molar refractivity (Wildman–Crippen MR) is 123 cm³/mol. The second-order valence-electron chi connectivity index (χ2n) is 9.13. The van der Waals surface area contributed by atoms with Gasteiger partial charge in [0.25, 0.3) is 0 Å². The van der Waals surface area contributed by atoms with E-state index in [9.17, 15) is 9.90 Å². The average Bonchev–Trinajstić information content (AvgIpc) is 3.41. The van der Waals surface area contributed by atoms with Gasteiger partial charge in [0.1, 0.15) is 12.0 Å². The molecule has 10 nitrogen and oxygen atoms in total. The van der Waals surface area contributed by atoms with E-state index in [1.165, 1.54) is 4.90 Å². The molecule has 3 N–H and O–H groups in total. The maximum absolute atomic E-state index is 11.9. The van der Waals surface area contributed by atoms with Crippen LogP contribution in [0, 0.1) is 0 Å². The molecule has 1 aromatic carbocycles. The standard InChI is InChI=1S/C23H27N7O3/c24-15-6-4-14(5-7-15)20-26-21(28-12-16-8-9-17(13-28)33-16)18-11-25-30(22(18)27-20)19-3-1-2-10-29(19)23(31)32/h4-7,11,16-17,19H,1-3,8-10,12-13,24H2,(H,31,32). The Labute approximate surface area is 191 Å². The normalized spacial score (nSPS) is 25.0. The lowest BCUT2D eigenvalue weighted by Crippen LogP contribution is -2.43. The van der Waals surface area contributed by atoms with Crippen LogP contribution in [0.25, 0.3) is 22.4 Å². The highest BCUT2D eigenvalue weighted by Gasteiger charge is 2.36. The van der Waals surface area contributed by atoms with Crippen LogP contribution < -0.4 is 10.6 Å². The van der Waals surface area contributed by atoms with Crippen LogP contribution in [0.5, 0.6) is 0 Å². The van der Waals surface area contributed by atoms with Gasteiger partial charge < -0.3 is 20.5 Å². The first-order valence-electron chi connectivity index (χ1n) is 11.6. The fourth-order valence-corrected chi connectivity index (χ4v) is 5.31. The number of carbonyl (C=O) groups is 1. The van der Waals surface area contributed by atoms with Gasteiger partial charge >= 0.3 is 6.09 Å². The zero-order valence-electron chi connectivity index (χ0n) is 18.3. The molecule has 5 heterocycles. The van der Waals surface area contributed by atoms with Gasteiger partial charge in [0, 0.05) is 30.9 Å². The highest BCUT2D eigenvalue weighted by molar-refractivity contribution is 5.89. The topological polar surface area (TPSA) is 123 Å². The number of aromatic nitrogens is 4. The number of carboxylic acid groups (broad SMARTS) is 1. The number of benzene rings is 1. The summed E-state index contributed by atoms with van der Waals surface area (Å²) in [6.45, 7) is 2.05. The predicted octanol–water partition coefficient (Wildman–Crippen LogP) is 3.11. The molecule has 3 unspecified atom stereocenters. The number of hydrogen-bond acceptors (Lipinski definition) is 7. The third kappa shape index (κ3) is 3.54. The molecule has 3 aliphatic rings. The molecule has 3 fully saturated rings. The fourth-order valence-electron chi connectivity index (χ4n) is 5.31. The van der Waals surface area contributed by atoms with Crippen molar-refractivity contribution in [1.82, 2.24) is 24.6 Å². The number of piperidine rings is 1. The van der Waals surface area contributed by atoms with Crippen molar-refractivity contribution in [2.24, 2.45) is 0 Å². The number of likely N-dealkylation sites (tertiary alicyclic amines) is 1.